The fourth-order valence-corrected chi connectivity index (χ4v) is 3.02. The van der Waals surface area contributed by atoms with Gasteiger partial charge in [-0.2, -0.15) is 0 Å². The fourth-order valence-electron chi connectivity index (χ4n) is 3.02. The Labute approximate surface area is 127 Å². The Morgan fingerprint density at radius 1 is 1.24 bits per heavy atom. The van der Waals surface area contributed by atoms with Gasteiger partial charge in [-0.05, 0) is 63.0 Å². The number of amides is 1. The third kappa shape index (κ3) is 3.58. The monoisotopic (exact) mass is 286 g/mol. The van der Waals surface area contributed by atoms with Crippen LogP contribution in [0.2, 0.25) is 0 Å². The summed E-state index contributed by atoms with van der Waals surface area (Å²) in [5.41, 5.74) is 2.90. The lowest BCUT2D eigenvalue weighted by atomic mass is 10.0. The molecule has 0 aromatic heterocycles. The van der Waals surface area contributed by atoms with E-state index >= 15 is 0 Å². The van der Waals surface area contributed by atoms with Gasteiger partial charge in [-0.3, -0.25) is 4.79 Å². The number of nitrogens with one attached hydrogen (secondary N) is 2. The Kier molecular flexibility index (Phi) is 4.18. The Bertz CT molecular complexity index is 506. The van der Waals surface area contributed by atoms with E-state index < -0.39 is 0 Å². The molecule has 3 rings (SSSR count). The van der Waals surface area contributed by atoms with Crippen molar-refractivity contribution >= 4 is 11.6 Å². The van der Waals surface area contributed by atoms with Crippen molar-refractivity contribution in [3.8, 4) is 0 Å². The van der Waals surface area contributed by atoms with Crippen molar-refractivity contribution in [1.29, 1.82) is 0 Å². The molecule has 0 atom stereocenters. The largest absolute Gasteiger partial charge is 0.384 e. The van der Waals surface area contributed by atoms with Gasteiger partial charge in [-0.15, -0.1) is 0 Å². The number of carbonyl (C=O) groups excluding carboxylic acids is 1. The van der Waals surface area contributed by atoms with E-state index in [-0.39, 0.29) is 5.91 Å². The smallest absolute Gasteiger partial charge is 0.253 e. The minimum absolute atomic E-state index is 0.0982. The van der Waals surface area contributed by atoms with Gasteiger partial charge in [0.25, 0.3) is 5.91 Å². The SMILES string of the molecule is CCCNc1ccc(C)cc1C(=O)NC(C1CC1)C1CC1. The summed E-state index contributed by atoms with van der Waals surface area (Å²) in [7, 11) is 0. The van der Waals surface area contributed by atoms with Gasteiger partial charge in [-0.1, -0.05) is 18.6 Å². The van der Waals surface area contributed by atoms with Crippen molar-refractivity contribution in [2.24, 2.45) is 11.8 Å². The first kappa shape index (κ1) is 14.4. The highest BCUT2D eigenvalue weighted by atomic mass is 16.1. The lowest BCUT2D eigenvalue weighted by molar-refractivity contribution is 0.0927. The number of aryl methyl sites for hydroxylation is 1. The van der Waals surface area contributed by atoms with E-state index in [1.54, 1.807) is 0 Å². The molecule has 0 spiro atoms. The first-order valence-electron chi connectivity index (χ1n) is 8.34. The number of benzene rings is 1. The topological polar surface area (TPSA) is 41.1 Å². The molecular weight excluding hydrogens is 260 g/mol. The Balaban J connectivity index is 1.74. The van der Waals surface area contributed by atoms with E-state index in [1.807, 2.05) is 19.1 Å². The van der Waals surface area contributed by atoms with Crippen LogP contribution < -0.4 is 10.6 Å². The van der Waals surface area contributed by atoms with Crippen LogP contribution in [0.5, 0.6) is 0 Å². The number of rotatable bonds is 7. The molecule has 3 nitrogen and oxygen atoms in total. The standard InChI is InChI=1S/C18H26N2O/c1-3-10-19-16-9-4-12(2)11-15(16)18(21)20-17(13-5-6-13)14-7-8-14/h4,9,11,13-14,17,19H,3,5-8,10H2,1-2H3,(H,20,21). The maximum atomic E-state index is 12.7. The first-order chi connectivity index (χ1) is 10.2. The summed E-state index contributed by atoms with van der Waals surface area (Å²) in [4.78, 5) is 12.7. The molecule has 2 aliphatic carbocycles. The van der Waals surface area contributed by atoms with Gasteiger partial charge in [0.2, 0.25) is 0 Å². The lowest BCUT2D eigenvalue weighted by Crippen LogP contribution is -2.38. The predicted octanol–water partition coefficient (Wildman–Crippen LogP) is 3.74. The summed E-state index contributed by atoms with van der Waals surface area (Å²) < 4.78 is 0. The normalized spacial score (nSPS) is 17.9. The Hall–Kier alpha value is -1.51. The maximum Gasteiger partial charge on any atom is 0.253 e. The molecule has 1 aromatic carbocycles. The van der Waals surface area contributed by atoms with Crippen molar-refractivity contribution in [2.45, 2.75) is 52.0 Å². The van der Waals surface area contributed by atoms with Gasteiger partial charge in [0, 0.05) is 18.3 Å². The number of carbonyl (C=O) groups is 1. The van der Waals surface area contributed by atoms with Crippen LogP contribution in [-0.2, 0) is 0 Å². The van der Waals surface area contributed by atoms with Crippen molar-refractivity contribution in [2.75, 3.05) is 11.9 Å². The van der Waals surface area contributed by atoms with Crippen LogP contribution >= 0.6 is 0 Å². The summed E-state index contributed by atoms with van der Waals surface area (Å²) in [6.45, 7) is 5.08. The zero-order chi connectivity index (χ0) is 14.8. The summed E-state index contributed by atoms with van der Waals surface area (Å²) in [5, 5.41) is 6.70. The second kappa shape index (κ2) is 6.08. The van der Waals surface area contributed by atoms with Gasteiger partial charge < -0.3 is 10.6 Å². The van der Waals surface area contributed by atoms with E-state index in [4.69, 9.17) is 0 Å². The van der Waals surface area contributed by atoms with Gasteiger partial charge in [0.1, 0.15) is 0 Å². The first-order valence-corrected chi connectivity index (χ1v) is 8.34. The molecule has 21 heavy (non-hydrogen) atoms. The van der Waals surface area contributed by atoms with Crippen LogP contribution in [-0.4, -0.2) is 18.5 Å². The fraction of sp³-hybridized carbons (Fsp3) is 0.611. The number of hydrogen-bond donors (Lipinski definition) is 2. The second-order valence-corrected chi connectivity index (χ2v) is 6.65. The molecule has 0 aliphatic heterocycles. The van der Waals surface area contributed by atoms with Gasteiger partial charge >= 0.3 is 0 Å². The highest BCUT2D eigenvalue weighted by Crippen LogP contribution is 2.44. The maximum absolute atomic E-state index is 12.7. The molecular formula is C18H26N2O. The average molecular weight is 286 g/mol. The van der Waals surface area contributed by atoms with Crippen molar-refractivity contribution in [3.05, 3.63) is 29.3 Å². The zero-order valence-corrected chi connectivity index (χ0v) is 13.1. The van der Waals surface area contributed by atoms with E-state index in [0.717, 1.165) is 41.6 Å². The van der Waals surface area contributed by atoms with Gasteiger partial charge in [-0.25, -0.2) is 0 Å². The molecule has 0 radical (unpaired) electrons. The van der Waals surface area contributed by atoms with Gasteiger partial charge in [0.05, 0.1) is 5.56 Å². The molecule has 0 saturated heterocycles. The van der Waals surface area contributed by atoms with Crippen molar-refractivity contribution in [3.63, 3.8) is 0 Å². The van der Waals surface area contributed by atoms with Crippen LogP contribution in [0.15, 0.2) is 18.2 Å². The summed E-state index contributed by atoms with van der Waals surface area (Å²) in [6, 6.07) is 6.51. The van der Waals surface area contributed by atoms with Crippen LogP contribution in [0.1, 0.15) is 54.9 Å². The highest BCUT2D eigenvalue weighted by Gasteiger charge is 2.42. The molecule has 0 bridgehead atoms. The summed E-state index contributed by atoms with van der Waals surface area (Å²) in [6.07, 6.45) is 6.21. The third-order valence-electron chi connectivity index (χ3n) is 4.54. The number of hydrogen-bond acceptors (Lipinski definition) is 2. The summed E-state index contributed by atoms with van der Waals surface area (Å²) >= 11 is 0. The van der Waals surface area contributed by atoms with E-state index in [9.17, 15) is 4.79 Å². The van der Waals surface area contributed by atoms with Crippen LogP contribution in [0.4, 0.5) is 5.69 Å². The second-order valence-electron chi connectivity index (χ2n) is 6.65. The molecule has 2 N–H and O–H groups in total. The average Bonchev–Trinajstić information content (AvgIpc) is 3.36. The van der Waals surface area contributed by atoms with Crippen molar-refractivity contribution < 1.29 is 4.79 Å². The van der Waals surface area contributed by atoms with Crippen LogP contribution in [0.3, 0.4) is 0 Å². The predicted molar refractivity (Wildman–Crippen MR) is 86.7 cm³/mol. The lowest BCUT2D eigenvalue weighted by Gasteiger charge is -2.19. The van der Waals surface area contributed by atoms with E-state index in [1.165, 1.54) is 25.7 Å². The minimum Gasteiger partial charge on any atom is -0.384 e. The van der Waals surface area contributed by atoms with Gasteiger partial charge in [0.15, 0.2) is 0 Å². The van der Waals surface area contributed by atoms with Crippen molar-refractivity contribution in [1.82, 2.24) is 5.32 Å². The molecule has 0 heterocycles. The molecule has 1 amide bonds. The molecule has 1 aromatic rings. The van der Waals surface area contributed by atoms with Crippen LogP contribution in [0.25, 0.3) is 0 Å². The molecule has 2 aliphatic rings. The highest BCUT2D eigenvalue weighted by molar-refractivity contribution is 6.00. The Morgan fingerprint density at radius 2 is 1.90 bits per heavy atom. The quantitative estimate of drug-likeness (QED) is 0.802. The Morgan fingerprint density at radius 3 is 2.48 bits per heavy atom. The molecule has 3 heteroatoms. The molecule has 2 saturated carbocycles. The van der Waals surface area contributed by atoms with Crippen LogP contribution in [0, 0.1) is 18.8 Å². The molecule has 0 unspecified atom stereocenters. The van der Waals surface area contributed by atoms with E-state index in [2.05, 4.69) is 23.6 Å². The van der Waals surface area contributed by atoms with E-state index in [0.29, 0.717) is 6.04 Å². The zero-order valence-electron chi connectivity index (χ0n) is 13.1. The summed E-state index contributed by atoms with van der Waals surface area (Å²) in [5.74, 6) is 1.57. The minimum atomic E-state index is 0.0982. The molecule has 114 valence electrons. The number of anilines is 1. The molecule has 2 fully saturated rings. The third-order valence-corrected chi connectivity index (χ3v) is 4.54.